The molecule has 5 heteroatoms. The number of carbonyl (C=O) groups is 2. The van der Waals surface area contributed by atoms with Crippen molar-refractivity contribution in [2.45, 2.75) is 13.0 Å². The summed E-state index contributed by atoms with van der Waals surface area (Å²) in [5.74, 6) is -0.882. The largest absolute Gasteiger partial charge is 0.452 e. The molecule has 0 unspecified atom stereocenters. The molecule has 0 aliphatic carbocycles. The lowest BCUT2D eigenvalue weighted by Gasteiger charge is -2.17. The minimum Gasteiger partial charge on any atom is -0.452 e. The first kappa shape index (κ1) is 17.2. The summed E-state index contributed by atoms with van der Waals surface area (Å²) in [6.07, 6.45) is 0.118. The molecule has 0 aliphatic rings. The molecule has 0 aromatic heterocycles. The molecule has 0 spiro atoms. The molecule has 2 aromatic rings. The van der Waals surface area contributed by atoms with Crippen LogP contribution in [0.5, 0.6) is 0 Å². The maximum Gasteiger partial charge on any atom is 0.338 e. The number of hydrogen-bond acceptors (Lipinski definition) is 4. The van der Waals surface area contributed by atoms with Crippen molar-refractivity contribution in [3.63, 3.8) is 0 Å². The maximum atomic E-state index is 12.1. The molecule has 0 atom stereocenters. The van der Waals surface area contributed by atoms with E-state index in [1.807, 2.05) is 36.4 Å². The highest BCUT2D eigenvalue weighted by Gasteiger charge is 2.16. The molecular weight excluding hydrogens is 304 g/mol. The predicted molar refractivity (Wildman–Crippen MR) is 89.0 cm³/mol. The molecule has 122 valence electrons. The van der Waals surface area contributed by atoms with Crippen LogP contribution in [0.1, 0.15) is 21.5 Å². The van der Waals surface area contributed by atoms with E-state index < -0.39 is 5.97 Å². The number of benzene rings is 2. The van der Waals surface area contributed by atoms with Gasteiger partial charge in [0.05, 0.1) is 18.1 Å². The molecule has 0 bridgehead atoms. The highest BCUT2D eigenvalue weighted by Crippen LogP contribution is 2.11. The molecule has 0 aliphatic heterocycles. The van der Waals surface area contributed by atoms with Gasteiger partial charge in [0.25, 0.3) is 5.91 Å². The zero-order valence-corrected chi connectivity index (χ0v) is 13.4. The maximum absolute atomic E-state index is 12.1. The normalized spacial score (nSPS) is 9.83. The van der Waals surface area contributed by atoms with Crippen molar-refractivity contribution in [3.05, 3.63) is 71.3 Å². The second-order valence-corrected chi connectivity index (χ2v) is 5.30. The number of nitrogens with zero attached hydrogens (tertiary/aromatic N) is 2. The van der Waals surface area contributed by atoms with Gasteiger partial charge in [-0.3, -0.25) is 4.79 Å². The van der Waals surface area contributed by atoms with Crippen LogP contribution in [-0.2, 0) is 22.5 Å². The summed E-state index contributed by atoms with van der Waals surface area (Å²) in [4.78, 5) is 25.7. The van der Waals surface area contributed by atoms with Crippen LogP contribution in [-0.4, -0.2) is 30.4 Å². The first-order valence-corrected chi connectivity index (χ1v) is 7.51. The molecular formula is C19H18N2O3. The molecule has 2 rings (SSSR count). The van der Waals surface area contributed by atoms with Gasteiger partial charge in [0.15, 0.2) is 6.61 Å². The minimum atomic E-state index is -0.595. The summed E-state index contributed by atoms with van der Waals surface area (Å²) < 4.78 is 5.10. The van der Waals surface area contributed by atoms with E-state index >= 15 is 0 Å². The van der Waals surface area contributed by atoms with E-state index in [2.05, 4.69) is 0 Å². The van der Waals surface area contributed by atoms with Gasteiger partial charge < -0.3 is 9.64 Å². The summed E-state index contributed by atoms with van der Waals surface area (Å²) in [5, 5.41) is 8.79. The fourth-order valence-electron chi connectivity index (χ4n) is 2.22. The van der Waals surface area contributed by atoms with E-state index in [0.717, 1.165) is 5.56 Å². The molecule has 0 saturated heterocycles. The van der Waals surface area contributed by atoms with Gasteiger partial charge in [-0.15, -0.1) is 0 Å². The Kier molecular flexibility index (Phi) is 6.09. The summed E-state index contributed by atoms with van der Waals surface area (Å²) in [6, 6.07) is 18.3. The van der Waals surface area contributed by atoms with E-state index in [1.54, 1.807) is 31.3 Å². The first-order valence-electron chi connectivity index (χ1n) is 7.51. The lowest BCUT2D eigenvalue weighted by atomic mass is 10.1. The smallest absolute Gasteiger partial charge is 0.338 e. The fourth-order valence-corrected chi connectivity index (χ4v) is 2.22. The zero-order valence-electron chi connectivity index (χ0n) is 13.4. The lowest BCUT2D eigenvalue weighted by molar-refractivity contribution is -0.133. The lowest BCUT2D eigenvalue weighted by Crippen LogP contribution is -2.30. The van der Waals surface area contributed by atoms with Crippen LogP contribution >= 0.6 is 0 Å². The third-order valence-electron chi connectivity index (χ3n) is 3.52. The molecule has 5 nitrogen and oxygen atoms in total. The average molecular weight is 322 g/mol. The van der Waals surface area contributed by atoms with Crippen molar-refractivity contribution in [2.75, 3.05) is 13.7 Å². The summed E-state index contributed by atoms with van der Waals surface area (Å²) in [5.41, 5.74) is 1.91. The van der Waals surface area contributed by atoms with Crippen molar-refractivity contribution in [2.24, 2.45) is 0 Å². The standard InChI is InChI=1S/C19H18N2O3/c1-21(13-15-7-3-2-4-8-15)18(22)14-24-19(23)17-10-6-5-9-16(17)11-12-20/h2-10H,11,13-14H2,1H3. The average Bonchev–Trinajstić information content (AvgIpc) is 2.61. The SMILES string of the molecule is CN(Cc1ccccc1)C(=O)COC(=O)c1ccccc1CC#N. The van der Waals surface area contributed by atoms with E-state index in [-0.39, 0.29) is 18.9 Å². The van der Waals surface area contributed by atoms with Gasteiger partial charge in [-0.05, 0) is 17.2 Å². The second-order valence-electron chi connectivity index (χ2n) is 5.30. The van der Waals surface area contributed by atoms with Gasteiger partial charge in [-0.25, -0.2) is 4.79 Å². The van der Waals surface area contributed by atoms with Gasteiger partial charge >= 0.3 is 5.97 Å². The highest BCUT2D eigenvalue weighted by atomic mass is 16.5. The molecule has 0 N–H and O–H groups in total. The Morgan fingerprint density at radius 1 is 1.08 bits per heavy atom. The zero-order chi connectivity index (χ0) is 17.4. The first-order chi connectivity index (χ1) is 11.6. The number of likely N-dealkylation sites (N-methyl/N-ethyl adjacent to an activating group) is 1. The van der Waals surface area contributed by atoms with Gasteiger partial charge in [0.2, 0.25) is 0 Å². The molecule has 24 heavy (non-hydrogen) atoms. The number of amides is 1. The molecule has 2 aromatic carbocycles. The van der Waals surface area contributed by atoms with Crippen molar-refractivity contribution in [3.8, 4) is 6.07 Å². The van der Waals surface area contributed by atoms with Crippen molar-refractivity contribution in [1.29, 1.82) is 5.26 Å². The Morgan fingerprint density at radius 3 is 2.46 bits per heavy atom. The molecule has 1 amide bonds. The molecule has 0 radical (unpaired) electrons. The van der Waals surface area contributed by atoms with Crippen LogP contribution in [0, 0.1) is 11.3 Å². The number of esters is 1. The Morgan fingerprint density at radius 2 is 1.75 bits per heavy atom. The Labute approximate surface area is 141 Å². The number of nitriles is 1. The highest BCUT2D eigenvalue weighted by molar-refractivity contribution is 5.92. The third-order valence-corrected chi connectivity index (χ3v) is 3.52. The molecule has 0 fully saturated rings. The van der Waals surface area contributed by atoms with Gasteiger partial charge in [0.1, 0.15) is 0 Å². The van der Waals surface area contributed by atoms with E-state index in [9.17, 15) is 9.59 Å². The van der Waals surface area contributed by atoms with Crippen LogP contribution < -0.4 is 0 Å². The van der Waals surface area contributed by atoms with Crippen LogP contribution in [0.25, 0.3) is 0 Å². The van der Waals surface area contributed by atoms with Crippen molar-refractivity contribution >= 4 is 11.9 Å². The van der Waals surface area contributed by atoms with Gasteiger partial charge in [-0.2, -0.15) is 5.26 Å². The van der Waals surface area contributed by atoms with E-state index in [4.69, 9.17) is 10.00 Å². The van der Waals surface area contributed by atoms with Crippen molar-refractivity contribution in [1.82, 2.24) is 4.90 Å². The number of rotatable bonds is 6. The van der Waals surface area contributed by atoms with Gasteiger partial charge in [-0.1, -0.05) is 48.5 Å². The summed E-state index contributed by atoms with van der Waals surface area (Å²) >= 11 is 0. The summed E-state index contributed by atoms with van der Waals surface area (Å²) in [6.45, 7) is 0.116. The molecule has 0 heterocycles. The van der Waals surface area contributed by atoms with Crippen LogP contribution in [0.15, 0.2) is 54.6 Å². The number of hydrogen-bond donors (Lipinski definition) is 0. The van der Waals surface area contributed by atoms with E-state index in [1.165, 1.54) is 4.90 Å². The Hall–Kier alpha value is -3.13. The number of ether oxygens (including phenoxy) is 1. The summed E-state index contributed by atoms with van der Waals surface area (Å²) in [7, 11) is 1.66. The van der Waals surface area contributed by atoms with E-state index in [0.29, 0.717) is 17.7 Å². The minimum absolute atomic E-state index is 0.118. The van der Waals surface area contributed by atoms with Crippen LogP contribution in [0.2, 0.25) is 0 Å². The number of carbonyl (C=O) groups excluding carboxylic acids is 2. The van der Waals surface area contributed by atoms with Crippen molar-refractivity contribution < 1.29 is 14.3 Å². The Bertz CT molecular complexity index is 751. The predicted octanol–water partition coefficient (Wildman–Crippen LogP) is 2.57. The van der Waals surface area contributed by atoms with Gasteiger partial charge in [0, 0.05) is 13.6 Å². The van der Waals surface area contributed by atoms with Crippen LogP contribution in [0.3, 0.4) is 0 Å². The van der Waals surface area contributed by atoms with Crippen LogP contribution in [0.4, 0.5) is 0 Å². The molecule has 0 saturated carbocycles. The monoisotopic (exact) mass is 322 g/mol. The topological polar surface area (TPSA) is 70.4 Å². The fraction of sp³-hybridized carbons (Fsp3) is 0.211. The Balaban J connectivity index is 1.92. The second kappa shape index (κ2) is 8.49. The third kappa shape index (κ3) is 4.68. The quantitative estimate of drug-likeness (QED) is 0.766.